The number of nitrogens with zero attached hydrogens (tertiary/aromatic N) is 2. The number of anilines is 1. The van der Waals surface area contributed by atoms with E-state index in [1.54, 1.807) is 17.0 Å². The van der Waals surface area contributed by atoms with E-state index < -0.39 is 0 Å². The molecule has 0 aliphatic heterocycles. The number of hydrogen-bond donors (Lipinski definition) is 0. The number of benzene rings is 2. The van der Waals surface area contributed by atoms with Crippen LogP contribution in [0, 0.1) is 5.82 Å². The van der Waals surface area contributed by atoms with E-state index in [1.165, 1.54) is 30.6 Å². The van der Waals surface area contributed by atoms with E-state index in [0.29, 0.717) is 11.7 Å². The van der Waals surface area contributed by atoms with Gasteiger partial charge in [-0.25, -0.2) is 9.37 Å². The lowest BCUT2D eigenvalue weighted by molar-refractivity contribution is -0.122. The Morgan fingerprint density at radius 1 is 1.22 bits per heavy atom. The summed E-state index contributed by atoms with van der Waals surface area (Å²) in [6, 6.07) is 13.8. The van der Waals surface area contributed by atoms with Crippen molar-refractivity contribution in [3.8, 4) is 0 Å². The highest BCUT2D eigenvalue weighted by atomic mass is 32.1. The molecule has 0 spiro atoms. The molecule has 4 nitrogen and oxygen atoms in total. The first kappa shape index (κ1) is 15.6. The van der Waals surface area contributed by atoms with E-state index in [0.717, 1.165) is 15.8 Å². The fourth-order valence-corrected chi connectivity index (χ4v) is 3.19. The first-order valence-electron chi connectivity index (χ1n) is 7.06. The minimum absolute atomic E-state index is 0.0306. The number of ether oxygens (including phenoxy) is 1. The smallest absolute Gasteiger partial charge is 0.255 e. The standard InChI is InChI=1S/C17H15FN2O2S/c1-22-11-16(21)20(10-12-6-8-13(18)9-7-12)17-19-14-4-2-3-5-15(14)23-17/h2-9H,10-11H2,1H3. The number of amides is 1. The molecule has 0 aliphatic carbocycles. The number of fused-ring (bicyclic) bond motifs is 1. The summed E-state index contributed by atoms with van der Waals surface area (Å²) in [5, 5.41) is 0.609. The summed E-state index contributed by atoms with van der Waals surface area (Å²) >= 11 is 1.45. The highest BCUT2D eigenvalue weighted by molar-refractivity contribution is 7.22. The second kappa shape index (κ2) is 6.85. The maximum atomic E-state index is 13.1. The number of para-hydroxylation sites is 1. The number of carbonyl (C=O) groups excluding carboxylic acids is 1. The van der Waals surface area contributed by atoms with Gasteiger partial charge < -0.3 is 4.74 Å². The van der Waals surface area contributed by atoms with Gasteiger partial charge in [-0.2, -0.15) is 0 Å². The van der Waals surface area contributed by atoms with E-state index in [4.69, 9.17) is 4.74 Å². The highest BCUT2D eigenvalue weighted by Crippen LogP contribution is 2.29. The molecule has 0 saturated heterocycles. The minimum Gasteiger partial charge on any atom is -0.375 e. The number of carbonyl (C=O) groups is 1. The van der Waals surface area contributed by atoms with E-state index >= 15 is 0 Å². The molecular weight excluding hydrogens is 315 g/mol. The normalized spacial score (nSPS) is 10.9. The summed E-state index contributed by atoms with van der Waals surface area (Å²) in [7, 11) is 1.48. The summed E-state index contributed by atoms with van der Waals surface area (Å²) < 4.78 is 19.0. The molecule has 1 heterocycles. The van der Waals surface area contributed by atoms with Crippen molar-refractivity contribution in [3.63, 3.8) is 0 Å². The van der Waals surface area contributed by atoms with Gasteiger partial charge in [0.05, 0.1) is 16.8 Å². The Morgan fingerprint density at radius 2 is 1.96 bits per heavy atom. The molecule has 0 radical (unpaired) electrons. The van der Waals surface area contributed by atoms with Crippen LogP contribution in [0.2, 0.25) is 0 Å². The number of hydrogen-bond acceptors (Lipinski definition) is 4. The molecule has 3 rings (SSSR count). The van der Waals surface area contributed by atoms with Crippen LogP contribution in [0.3, 0.4) is 0 Å². The molecule has 2 aromatic carbocycles. The zero-order valence-electron chi connectivity index (χ0n) is 12.5. The first-order valence-corrected chi connectivity index (χ1v) is 7.88. The summed E-state index contributed by atoms with van der Waals surface area (Å²) in [6.07, 6.45) is 0. The van der Waals surface area contributed by atoms with Crippen LogP contribution in [0.5, 0.6) is 0 Å². The molecule has 0 unspecified atom stereocenters. The van der Waals surface area contributed by atoms with Gasteiger partial charge in [0.25, 0.3) is 5.91 Å². The van der Waals surface area contributed by atoms with Crippen LogP contribution in [0.25, 0.3) is 10.2 Å². The predicted octanol–water partition coefficient (Wildman–Crippen LogP) is 3.62. The Labute approximate surface area is 137 Å². The summed E-state index contributed by atoms with van der Waals surface area (Å²) in [5.74, 6) is -0.487. The van der Waals surface area contributed by atoms with E-state index in [9.17, 15) is 9.18 Å². The van der Waals surface area contributed by atoms with Gasteiger partial charge in [-0.1, -0.05) is 35.6 Å². The molecule has 1 aromatic heterocycles. The third kappa shape index (κ3) is 3.55. The summed E-state index contributed by atoms with van der Waals surface area (Å²) in [4.78, 5) is 18.5. The van der Waals surface area contributed by atoms with Gasteiger partial charge in [-0.05, 0) is 29.8 Å². The number of halogens is 1. The zero-order valence-corrected chi connectivity index (χ0v) is 13.3. The van der Waals surface area contributed by atoms with E-state index in [-0.39, 0.29) is 18.3 Å². The first-order chi connectivity index (χ1) is 11.2. The SMILES string of the molecule is COCC(=O)N(Cc1ccc(F)cc1)c1nc2ccccc2s1. The molecule has 0 aliphatic rings. The van der Waals surface area contributed by atoms with Gasteiger partial charge in [-0.3, -0.25) is 9.69 Å². The van der Waals surface area contributed by atoms with Crippen molar-refractivity contribution < 1.29 is 13.9 Å². The number of thiazole rings is 1. The van der Waals surface area contributed by atoms with Crippen LogP contribution in [0.15, 0.2) is 48.5 Å². The molecule has 0 saturated carbocycles. The predicted molar refractivity (Wildman–Crippen MR) is 89.1 cm³/mol. The number of methoxy groups -OCH3 is 1. The van der Waals surface area contributed by atoms with Crippen molar-refractivity contribution in [1.82, 2.24) is 4.98 Å². The second-order valence-corrected chi connectivity index (χ2v) is 6.01. The third-order valence-corrected chi connectivity index (χ3v) is 4.40. The number of aromatic nitrogens is 1. The Morgan fingerprint density at radius 3 is 2.65 bits per heavy atom. The van der Waals surface area contributed by atoms with Crippen molar-refractivity contribution in [2.24, 2.45) is 0 Å². The lowest BCUT2D eigenvalue weighted by Crippen LogP contribution is -2.33. The Bertz CT molecular complexity index is 784. The van der Waals surface area contributed by atoms with Gasteiger partial charge in [-0.15, -0.1) is 0 Å². The summed E-state index contributed by atoms with van der Waals surface area (Å²) in [5.41, 5.74) is 1.68. The lowest BCUT2D eigenvalue weighted by Gasteiger charge is -2.19. The molecule has 0 N–H and O–H groups in total. The molecule has 6 heteroatoms. The molecule has 118 valence electrons. The molecule has 0 fully saturated rings. The molecule has 0 atom stereocenters. The Kier molecular flexibility index (Phi) is 4.64. The van der Waals surface area contributed by atoms with Crippen LogP contribution in [0.1, 0.15) is 5.56 Å². The van der Waals surface area contributed by atoms with Crippen molar-refractivity contribution in [2.75, 3.05) is 18.6 Å². The highest BCUT2D eigenvalue weighted by Gasteiger charge is 2.20. The summed E-state index contributed by atoms with van der Waals surface area (Å²) in [6.45, 7) is 0.291. The van der Waals surface area contributed by atoms with E-state index in [1.807, 2.05) is 24.3 Å². The van der Waals surface area contributed by atoms with Crippen LogP contribution in [-0.4, -0.2) is 24.6 Å². The average Bonchev–Trinajstić information content (AvgIpc) is 2.98. The largest absolute Gasteiger partial charge is 0.375 e. The molecule has 1 amide bonds. The Hall–Kier alpha value is -2.31. The van der Waals surface area contributed by atoms with E-state index in [2.05, 4.69) is 4.98 Å². The van der Waals surface area contributed by atoms with Crippen LogP contribution >= 0.6 is 11.3 Å². The molecule has 0 bridgehead atoms. The zero-order chi connectivity index (χ0) is 16.2. The van der Waals surface area contributed by atoms with Gasteiger partial charge in [0, 0.05) is 7.11 Å². The van der Waals surface area contributed by atoms with Gasteiger partial charge in [0.1, 0.15) is 12.4 Å². The van der Waals surface area contributed by atoms with Gasteiger partial charge in [0.15, 0.2) is 5.13 Å². The fraction of sp³-hybridized carbons (Fsp3) is 0.176. The third-order valence-electron chi connectivity index (χ3n) is 3.34. The topological polar surface area (TPSA) is 42.4 Å². The van der Waals surface area contributed by atoms with Crippen molar-refractivity contribution in [1.29, 1.82) is 0 Å². The average molecular weight is 330 g/mol. The van der Waals surface area contributed by atoms with Crippen LogP contribution in [0.4, 0.5) is 9.52 Å². The maximum Gasteiger partial charge on any atom is 0.255 e. The maximum absolute atomic E-state index is 13.1. The molecule has 23 heavy (non-hydrogen) atoms. The van der Waals surface area contributed by atoms with Crippen LogP contribution in [-0.2, 0) is 16.1 Å². The van der Waals surface area contributed by atoms with Crippen molar-refractivity contribution in [3.05, 3.63) is 59.9 Å². The lowest BCUT2D eigenvalue weighted by atomic mass is 10.2. The van der Waals surface area contributed by atoms with Crippen molar-refractivity contribution >= 4 is 32.6 Å². The molecular formula is C17H15FN2O2S. The van der Waals surface area contributed by atoms with Crippen molar-refractivity contribution in [2.45, 2.75) is 6.54 Å². The van der Waals surface area contributed by atoms with Gasteiger partial charge in [0.2, 0.25) is 0 Å². The fourth-order valence-electron chi connectivity index (χ4n) is 2.21. The minimum atomic E-state index is -0.302. The number of rotatable bonds is 5. The quantitative estimate of drug-likeness (QED) is 0.718. The Balaban J connectivity index is 1.94. The second-order valence-electron chi connectivity index (χ2n) is 5.00. The molecule has 3 aromatic rings. The van der Waals surface area contributed by atoms with Gasteiger partial charge >= 0.3 is 0 Å². The monoisotopic (exact) mass is 330 g/mol. The van der Waals surface area contributed by atoms with Crippen LogP contribution < -0.4 is 4.90 Å².